The molecule has 2 amide bonds. The number of nitrogens with one attached hydrogen (secondary N) is 2. The van der Waals surface area contributed by atoms with Crippen molar-refractivity contribution in [2.24, 2.45) is 0 Å². The first-order valence-electron chi connectivity index (χ1n) is 11.3. The lowest BCUT2D eigenvalue weighted by Crippen LogP contribution is -2.33. The van der Waals surface area contributed by atoms with E-state index >= 15 is 0 Å². The maximum atomic E-state index is 12.6. The molecule has 8 nitrogen and oxygen atoms in total. The summed E-state index contributed by atoms with van der Waals surface area (Å²) in [6.07, 6.45) is 4.14. The van der Waals surface area contributed by atoms with Crippen LogP contribution in [-0.2, 0) is 9.53 Å². The van der Waals surface area contributed by atoms with E-state index in [4.69, 9.17) is 14.2 Å². The Hall–Kier alpha value is -3.55. The van der Waals surface area contributed by atoms with Crippen molar-refractivity contribution >= 4 is 23.5 Å². The Morgan fingerprint density at radius 2 is 1.64 bits per heavy atom. The quantitative estimate of drug-likeness (QED) is 0.527. The fourth-order valence-corrected chi connectivity index (χ4v) is 3.70. The van der Waals surface area contributed by atoms with Gasteiger partial charge in [-0.1, -0.05) is 25.0 Å². The van der Waals surface area contributed by atoms with E-state index in [0.29, 0.717) is 36.0 Å². The molecule has 2 N–H and O–H groups in total. The van der Waals surface area contributed by atoms with Crippen LogP contribution in [0.2, 0.25) is 0 Å². The molecular formula is C25H30N2O6. The van der Waals surface area contributed by atoms with Crippen LogP contribution in [0.25, 0.3) is 0 Å². The average molecular weight is 455 g/mol. The van der Waals surface area contributed by atoms with Crippen LogP contribution in [0.1, 0.15) is 60.2 Å². The van der Waals surface area contributed by atoms with Gasteiger partial charge in [0.15, 0.2) is 18.1 Å². The molecule has 0 aliphatic heterocycles. The summed E-state index contributed by atoms with van der Waals surface area (Å²) in [4.78, 5) is 37.5. The second-order valence-electron chi connectivity index (χ2n) is 7.65. The lowest BCUT2D eigenvalue weighted by atomic mass is 10.1. The number of anilines is 1. The Kier molecular flexibility index (Phi) is 8.69. The van der Waals surface area contributed by atoms with Crippen LogP contribution in [0.4, 0.5) is 5.69 Å². The molecule has 1 fully saturated rings. The molecule has 1 aliphatic carbocycles. The van der Waals surface area contributed by atoms with Crippen LogP contribution in [0.15, 0.2) is 42.5 Å². The van der Waals surface area contributed by atoms with Gasteiger partial charge in [-0.15, -0.1) is 0 Å². The number of ether oxygens (including phenoxy) is 3. The van der Waals surface area contributed by atoms with Crippen molar-refractivity contribution in [3.63, 3.8) is 0 Å². The number of benzene rings is 2. The van der Waals surface area contributed by atoms with E-state index < -0.39 is 18.5 Å². The smallest absolute Gasteiger partial charge is 0.338 e. The molecule has 176 valence electrons. The van der Waals surface area contributed by atoms with Crippen molar-refractivity contribution in [3.8, 4) is 11.5 Å². The fraction of sp³-hybridized carbons (Fsp3) is 0.400. The predicted molar refractivity (Wildman–Crippen MR) is 124 cm³/mol. The first-order valence-corrected chi connectivity index (χ1v) is 11.3. The number of hydrogen-bond donors (Lipinski definition) is 2. The molecule has 0 bridgehead atoms. The zero-order valence-corrected chi connectivity index (χ0v) is 19.0. The number of hydrogen-bond acceptors (Lipinski definition) is 6. The molecule has 0 heterocycles. The Bertz CT molecular complexity index is 985. The molecule has 0 aromatic heterocycles. The van der Waals surface area contributed by atoms with E-state index in [-0.39, 0.29) is 17.5 Å². The van der Waals surface area contributed by atoms with Crippen LogP contribution in [0.5, 0.6) is 11.5 Å². The van der Waals surface area contributed by atoms with Crippen molar-refractivity contribution in [1.29, 1.82) is 0 Å². The molecule has 2 aromatic carbocycles. The van der Waals surface area contributed by atoms with E-state index in [1.54, 1.807) is 36.4 Å². The van der Waals surface area contributed by atoms with E-state index in [0.717, 1.165) is 25.7 Å². The fourth-order valence-electron chi connectivity index (χ4n) is 3.70. The lowest BCUT2D eigenvalue weighted by molar-refractivity contribution is -0.119. The Labute approximate surface area is 193 Å². The van der Waals surface area contributed by atoms with Gasteiger partial charge in [0.1, 0.15) is 0 Å². The number of carbonyl (C=O) groups is 3. The van der Waals surface area contributed by atoms with E-state index in [1.807, 2.05) is 13.8 Å². The molecule has 3 rings (SSSR count). The zero-order valence-electron chi connectivity index (χ0n) is 19.0. The van der Waals surface area contributed by atoms with E-state index in [2.05, 4.69) is 10.6 Å². The monoisotopic (exact) mass is 454 g/mol. The molecule has 8 heteroatoms. The van der Waals surface area contributed by atoms with Gasteiger partial charge < -0.3 is 24.8 Å². The molecule has 0 unspecified atom stereocenters. The molecule has 0 saturated heterocycles. The highest BCUT2D eigenvalue weighted by atomic mass is 16.5. The summed E-state index contributed by atoms with van der Waals surface area (Å²) in [5.41, 5.74) is 0.983. The second kappa shape index (κ2) is 11.9. The van der Waals surface area contributed by atoms with Gasteiger partial charge in [0.2, 0.25) is 0 Å². The SMILES string of the molecule is CCOc1ccc(C(=O)OCC(=O)Nc2ccccc2C(=O)NC2CCCC2)cc1OCC. The second-order valence-corrected chi connectivity index (χ2v) is 7.65. The van der Waals surface area contributed by atoms with Crippen molar-refractivity contribution in [3.05, 3.63) is 53.6 Å². The largest absolute Gasteiger partial charge is 0.490 e. The summed E-state index contributed by atoms with van der Waals surface area (Å²) in [6.45, 7) is 4.07. The van der Waals surface area contributed by atoms with Crippen LogP contribution in [0, 0.1) is 0 Å². The third kappa shape index (κ3) is 6.71. The molecule has 33 heavy (non-hydrogen) atoms. The lowest BCUT2D eigenvalue weighted by Gasteiger charge is -2.15. The van der Waals surface area contributed by atoms with Crippen molar-refractivity contribution < 1.29 is 28.6 Å². The normalized spacial score (nSPS) is 13.3. The number of para-hydroxylation sites is 1. The Morgan fingerprint density at radius 3 is 2.36 bits per heavy atom. The summed E-state index contributed by atoms with van der Waals surface area (Å²) in [7, 11) is 0. The highest BCUT2D eigenvalue weighted by Gasteiger charge is 2.20. The van der Waals surface area contributed by atoms with Gasteiger partial charge in [0.05, 0.1) is 30.0 Å². The summed E-state index contributed by atoms with van der Waals surface area (Å²) in [5.74, 6) is -0.476. The first-order chi connectivity index (χ1) is 16.0. The predicted octanol–water partition coefficient (Wildman–Crippen LogP) is 3.95. The zero-order chi connectivity index (χ0) is 23.6. The topological polar surface area (TPSA) is 103 Å². The molecule has 2 aromatic rings. The maximum absolute atomic E-state index is 12.6. The van der Waals surface area contributed by atoms with Crippen LogP contribution in [-0.4, -0.2) is 43.6 Å². The van der Waals surface area contributed by atoms with Crippen molar-refractivity contribution in [2.45, 2.75) is 45.6 Å². The first kappa shape index (κ1) is 24.1. The maximum Gasteiger partial charge on any atom is 0.338 e. The number of carbonyl (C=O) groups excluding carboxylic acids is 3. The third-order valence-corrected chi connectivity index (χ3v) is 5.25. The minimum Gasteiger partial charge on any atom is -0.490 e. The van der Waals surface area contributed by atoms with E-state index in [1.165, 1.54) is 6.07 Å². The minimum absolute atomic E-state index is 0.165. The molecule has 1 aliphatic rings. The van der Waals surface area contributed by atoms with Gasteiger partial charge in [0.25, 0.3) is 11.8 Å². The van der Waals surface area contributed by atoms with Gasteiger partial charge >= 0.3 is 5.97 Å². The Morgan fingerprint density at radius 1 is 0.939 bits per heavy atom. The van der Waals surface area contributed by atoms with Gasteiger partial charge in [-0.05, 0) is 57.0 Å². The molecule has 1 saturated carbocycles. The molecule has 0 atom stereocenters. The summed E-state index contributed by atoms with van der Waals surface area (Å²) in [6, 6.07) is 11.6. The summed E-state index contributed by atoms with van der Waals surface area (Å²) >= 11 is 0. The highest BCUT2D eigenvalue weighted by molar-refractivity contribution is 6.04. The summed E-state index contributed by atoms with van der Waals surface area (Å²) < 4.78 is 16.2. The average Bonchev–Trinajstić information content (AvgIpc) is 3.32. The van der Waals surface area contributed by atoms with Crippen LogP contribution < -0.4 is 20.1 Å². The van der Waals surface area contributed by atoms with E-state index in [9.17, 15) is 14.4 Å². The highest BCUT2D eigenvalue weighted by Crippen LogP contribution is 2.29. The van der Waals surface area contributed by atoms with Crippen molar-refractivity contribution in [2.75, 3.05) is 25.1 Å². The van der Waals surface area contributed by atoms with Gasteiger partial charge in [-0.25, -0.2) is 4.79 Å². The molecular weight excluding hydrogens is 424 g/mol. The van der Waals surface area contributed by atoms with Gasteiger partial charge in [-0.3, -0.25) is 9.59 Å². The van der Waals surface area contributed by atoms with Crippen molar-refractivity contribution in [1.82, 2.24) is 5.32 Å². The molecule has 0 spiro atoms. The van der Waals surface area contributed by atoms with Crippen LogP contribution >= 0.6 is 0 Å². The Balaban J connectivity index is 1.59. The third-order valence-electron chi connectivity index (χ3n) is 5.25. The standard InChI is InChI=1S/C25H30N2O6/c1-3-31-21-14-13-17(15-22(21)32-4-2)25(30)33-16-23(28)27-20-12-8-7-11-19(20)24(29)26-18-9-5-6-10-18/h7-8,11-15,18H,3-6,9-10,16H2,1-2H3,(H,26,29)(H,27,28). The van der Waals surface area contributed by atoms with Crippen LogP contribution in [0.3, 0.4) is 0 Å². The van der Waals surface area contributed by atoms with Gasteiger partial charge in [-0.2, -0.15) is 0 Å². The number of amides is 2. The summed E-state index contributed by atoms with van der Waals surface area (Å²) in [5, 5.41) is 5.67. The van der Waals surface area contributed by atoms with Gasteiger partial charge in [0, 0.05) is 6.04 Å². The molecule has 0 radical (unpaired) electrons. The number of esters is 1. The minimum atomic E-state index is -0.665. The number of rotatable bonds is 10.